The van der Waals surface area contributed by atoms with Gasteiger partial charge >= 0.3 is 0 Å². The lowest BCUT2D eigenvalue weighted by atomic mass is 10.2. The summed E-state index contributed by atoms with van der Waals surface area (Å²) in [5.41, 5.74) is 2.41. The van der Waals surface area contributed by atoms with Crippen molar-refractivity contribution in [3.8, 4) is 5.69 Å². The van der Waals surface area contributed by atoms with Crippen molar-refractivity contribution in [3.63, 3.8) is 0 Å². The molecule has 0 aliphatic heterocycles. The van der Waals surface area contributed by atoms with Crippen molar-refractivity contribution in [1.29, 1.82) is 0 Å². The molecule has 1 amide bonds. The fourth-order valence-electron chi connectivity index (χ4n) is 3.19. The van der Waals surface area contributed by atoms with Gasteiger partial charge in [-0.1, -0.05) is 60.3 Å². The molecule has 0 saturated heterocycles. The zero-order valence-corrected chi connectivity index (χ0v) is 18.2. The predicted molar refractivity (Wildman–Crippen MR) is 123 cm³/mol. The Hall–Kier alpha value is -2.90. The van der Waals surface area contributed by atoms with E-state index in [0.717, 1.165) is 11.3 Å². The summed E-state index contributed by atoms with van der Waals surface area (Å²) in [7, 11) is 0. The molecule has 0 atom stereocenters. The van der Waals surface area contributed by atoms with Gasteiger partial charge in [-0.2, -0.15) is 0 Å². The van der Waals surface area contributed by atoms with Gasteiger partial charge in [-0.05, 0) is 36.1 Å². The Morgan fingerprint density at radius 2 is 1.77 bits per heavy atom. The fraction of sp³-hybridized carbons (Fsp3) is 0.174. The minimum Gasteiger partial charge on any atom is -0.338 e. The van der Waals surface area contributed by atoms with Gasteiger partial charge in [0.15, 0.2) is 5.16 Å². The van der Waals surface area contributed by atoms with E-state index < -0.39 is 0 Å². The molecule has 0 aliphatic carbocycles. The van der Waals surface area contributed by atoms with Crippen molar-refractivity contribution in [3.05, 3.63) is 88.0 Å². The van der Waals surface area contributed by atoms with Crippen LogP contribution < -0.4 is 5.56 Å². The van der Waals surface area contributed by atoms with E-state index in [9.17, 15) is 9.59 Å². The Morgan fingerprint density at radius 3 is 2.47 bits per heavy atom. The van der Waals surface area contributed by atoms with E-state index in [4.69, 9.17) is 0 Å². The van der Waals surface area contributed by atoms with Crippen LogP contribution in [0.15, 0.2) is 82.1 Å². The highest BCUT2D eigenvalue weighted by molar-refractivity contribution is 7.99. The highest BCUT2D eigenvalue weighted by atomic mass is 32.2. The first-order chi connectivity index (χ1) is 14.7. The largest absolute Gasteiger partial charge is 0.338 e. The highest BCUT2D eigenvalue weighted by Crippen LogP contribution is 2.24. The summed E-state index contributed by atoms with van der Waals surface area (Å²) in [6.45, 7) is 3.16. The van der Waals surface area contributed by atoms with Crippen LogP contribution in [0.2, 0.25) is 0 Å². The van der Waals surface area contributed by atoms with Crippen molar-refractivity contribution >= 4 is 39.2 Å². The van der Waals surface area contributed by atoms with Gasteiger partial charge in [-0.15, -0.1) is 11.3 Å². The van der Waals surface area contributed by atoms with Gasteiger partial charge in [0, 0.05) is 13.1 Å². The van der Waals surface area contributed by atoms with E-state index in [2.05, 4.69) is 4.98 Å². The number of aromatic nitrogens is 2. The summed E-state index contributed by atoms with van der Waals surface area (Å²) in [5.74, 6) is 0.237. The van der Waals surface area contributed by atoms with Crippen LogP contribution in [0.25, 0.3) is 15.9 Å². The number of benzene rings is 2. The number of hydrogen-bond acceptors (Lipinski definition) is 5. The number of nitrogens with zero attached hydrogens (tertiary/aromatic N) is 3. The summed E-state index contributed by atoms with van der Waals surface area (Å²) in [6.07, 6.45) is 0. The molecule has 0 spiro atoms. The summed E-state index contributed by atoms with van der Waals surface area (Å²) in [4.78, 5) is 32.5. The predicted octanol–water partition coefficient (Wildman–Crippen LogP) is 4.59. The van der Waals surface area contributed by atoms with Crippen molar-refractivity contribution in [2.24, 2.45) is 0 Å². The van der Waals surface area contributed by atoms with E-state index in [-0.39, 0.29) is 17.2 Å². The molecule has 0 N–H and O–H groups in total. The molecule has 5 nitrogen and oxygen atoms in total. The SMILES string of the molecule is CCN(Cc1ccccc1)C(=O)CSc1nc2ccsc2c(=O)n1-c1ccccc1. The van der Waals surface area contributed by atoms with Crippen LogP contribution in [0.3, 0.4) is 0 Å². The number of fused-ring (bicyclic) bond motifs is 1. The Morgan fingerprint density at radius 1 is 1.07 bits per heavy atom. The van der Waals surface area contributed by atoms with Gasteiger partial charge in [0.05, 0.1) is 17.0 Å². The Bertz CT molecular complexity index is 1200. The van der Waals surface area contributed by atoms with Crippen LogP contribution in [0.1, 0.15) is 12.5 Å². The maximum atomic E-state index is 13.1. The second-order valence-electron chi connectivity index (χ2n) is 6.69. The maximum Gasteiger partial charge on any atom is 0.276 e. The molecule has 30 heavy (non-hydrogen) atoms. The first kappa shape index (κ1) is 20.4. The number of amides is 1. The second-order valence-corrected chi connectivity index (χ2v) is 8.55. The average Bonchev–Trinajstić information content (AvgIpc) is 3.26. The molecule has 0 fully saturated rings. The number of rotatable bonds is 7. The van der Waals surface area contributed by atoms with Crippen LogP contribution in [-0.4, -0.2) is 32.7 Å². The van der Waals surface area contributed by atoms with Gasteiger partial charge in [0.25, 0.3) is 5.56 Å². The minimum absolute atomic E-state index is 0.0191. The van der Waals surface area contributed by atoms with Crippen LogP contribution >= 0.6 is 23.1 Å². The first-order valence-electron chi connectivity index (χ1n) is 9.67. The fourth-order valence-corrected chi connectivity index (χ4v) is 4.87. The van der Waals surface area contributed by atoms with Gasteiger partial charge in [-0.25, -0.2) is 4.98 Å². The quantitative estimate of drug-likeness (QED) is 0.315. The molecular formula is C23H21N3O2S2. The van der Waals surface area contributed by atoms with Crippen molar-refractivity contribution in [2.45, 2.75) is 18.6 Å². The highest BCUT2D eigenvalue weighted by Gasteiger charge is 2.18. The molecule has 2 aromatic carbocycles. The van der Waals surface area contributed by atoms with Crippen LogP contribution in [0.5, 0.6) is 0 Å². The summed E-state index contributed by atoms with van der Waals surface area (Å²) < 4.78 is 2.22. The third-order valence-electron chi connectivity index (χ3n) is 4.74. The lowest BCUT2D eigenvalue weighted by Crippen LogP contribution is -2.32. The molecule has 2 heterocycles. The van der Waals surface area contributed by atoms with Gasteiger partial charge in [0.2, 0.25) is 5.91 Å². The molecule has 4 rings (SSSR count). The van der Waals surface area contributed by atoms with Crippen LogP contribution in [-0.2, 0) is 11.3 Å². The van der Waals surface area contributed by atoms with Crippen LogP contribution in [0, 0.1) is 0 Å². The molecule has 0 saturated carbocycles. The number of thioether (sulfide) groups is 1. The van der Waals surface area contributed by atoms with Crippen LogP contribution in [0.4, 0.5) is 0 Å². The van der Waals surface area contributed by atoms with Gasteiger partial charge in [-0.3, -0.25) is 14.2 Å². The van der Waals surface area contributed by atoms with E-state index >= 15 is 0 Å². The lowest BCUT2D eigenvalue weighted by Gasteiger charge is -2.21. The smallest absolute Gasteiger partial charge is 0.276 e. The van der Waals surface area contributed by atoms with E-state index in [1.807, 2.05) is 83.9 Å². The molecule has 2 aromatic heterocycles. The Labute approximate surface area is 183 Å². The Balaban J connectivity index is 1.60. The number of carbonyl (C=O) groups is 1. The van der Waals surface area contributed by atoms with Crippen molar-refractivity contribution in [2.75, 3.05) is 12.3 Å². The Kier molecular flexibility index (Phi) is 6.30. The number of carbonyl (C=O) groups excluding carboxylic acids is 1. The van der Waals surface area contributed by atoms with Gasteiger partial charge in [0.1, 0.15) is 4.70 Å². The minimum atomic E-state index is -0.104. The molecule has 7 heteroatoms. The molecule has 152 valence electrons. The molecule has 0 unspecified atom stereocenters. The van der Waals surface area contributed by atoms with E-state index in [1.54, 1.807) is 4.57 Å². The second kappa shape index (κ2) is 9.28. The normalized spacial score (nSPS) is 11.0. The summed E-state index contributed by atoms with van der Waals surface area (Å²) >= 11 is 2.69. The van der Waals surface area contributed by atoms with Crippen molar-refractivity contribution in [1.82, 2.24) is 14.5 Å². The summed E-state index contributed by atoms with van der Waals surface area (Å²) in [5, 5.41) is 2.40. The maximum absolute atomic E-state index is 13.1. The number of hydrogen-bond donors (Lipinski definition) is 0. The monoisotopic (exact) mass is 435 g/mol. The zero-order valence-electron chi connectivity index (χ0n) is 16.5. The third kappa shape index (κ3) is 4.32. The first-order valence-corrected chi connectivity index (χ1v) is 11.5. The molecule has 4 aromatic rings. The summed E-state index contributed by atoms with van der Waals surface area (Å²) in [6, 6.07) is 21.2. The molecule has 0 radical (unpaired) electrons. The zero-order chi connectivity index (χ0) is 20.9. The average molecular weight is 436 g/mol. The standard InChI is InChI=1S/C23H21N3O2S2/c1-2-25(15-17-9-5-3-6-10-17)20(27)16-30-23-24-19-13-14-29-21(19)22(28)26(23)18-11-7-4-8-12-18/h3-14H,2,15-16H2,1H3. The van der Waals surface area contributed by atoms with E-state index in [1.165, 1.54) is 23.1 Å². The number of para-hydroxylation sites is 1. The molecule has 0 bridgehead atoms. The topological polar surface area (TPSA) is 55.2 Å². The van der Waals surface area contributed by atoms with E-state index in [0.29, 0.717) is 28.5 Å². The van der Waals surface area contributed by atoms with Crippen molar-refractivity contribution < 1.29 is 4.79 Å². The molecule has 0 aliphatic rings. The molecular weight excluding hydrogens is 414 g/mol. The third-order valence-corrected chi connectivity index (χ3v) is 6.55. The number of thiophene rings is 1. The lowest BCUT2D eigenvalue weighted by molar-refractivity contribution is -0.128. The van der Waals surface area contributed by atoms with Gasteiger partial charge < -0.3 is 4.90 Å².